The minimum Gasteiger partial charge on any atom is -0.490 e. The van der Waals surface area contributed by atoms with E-state index in [1.807, 2.05) is 38.1 Å². The normalized spacial score (nSPS) is 10.5. The molecule has 0 radical (unpaired) electrons. The van der Waals surface area contributed by atoms with Gasteiger partial charge in [-0.05, 0) is 67.9 Å². The van der Waals surface area contributed by atoms with Gasteiger partial charge < -0.3 is 20.1 Å². The van der Waals surface area contributed by atoms with Crippen LogP contribution in [0.5, 0.6) is 11.5 Å². The second-order valence-corrected chi connectivity index (χ2v) is 7.94. The molecule has 0 saturated heterocycles. The number of rotatable bonds is 9. The summed E-state index contributed by atoms with van der Waals surface area (Å²) in [5.41, 5.74) is 4.89. The average molecular weight is 509 g/mol. The molecule has 3 aromatic carbocycles. The highest BCUT2D eigenvalue weighted by Gasteiger charge is 2.13. The molecule has 0 spiro atoms. The number of carbonyl (C=O) groups excluding carboxylic acids is 3. The van der Waals surface area contributed by atoms with Crippen molar-refractivity contribution < 1.29 is 23.9 Å². The number of ether oxygens (including phenoxy) is 2. The number of nitrogens with zero attached hydrogens (tertiary/aromatic N) is 1. The predicted molar refractivity (Wildman–Crippen MR) is 139 cm³/mol. The van der Waals surface area contributed by atoms with Gasteiger partial charge in [0.2, 0.25) is 0 Å². The van der Waals surface area contributed by atoms with Crippen molar-refractivity contribution in [2.24, 2.45) is 5.10 Å². The zero-order valence-electron chi connectivity index (χ0n) is 19.7. The van der Waals surface area contributed by atoms with Gasteiger partial charge in [0.15, 0.2) is 18.1 Å². The van der Waals surface area contributed by atoms with Crippen LogP contribution in [0.15, 0.2) is 71.8 Å². The summed E-state index contributed by atoms with van der Waals surface area (Å²) in [6.07, 6.45) is 1.35. The van der Waals surface area contributed by atoms with Crippen LogP contribution in [0.2, 0.25) is 5.02 Å². The van der Waals surface area contributed by atoms with Gasteiger partial charge in [0, 0.05) is 16.4 Å². The number of anilines is 2. The quantitative estimate of drug-likeness (QED) is 0.228. The number of benzene rings is 3. The van der Waals surface area contributed by atoms with Crippen LogP contribution in [0, 0.1) is 6.92 Å². The Morgan fingerprint density at radius 3 is 2.39 bits per heavy atom. The number of carbonyl (C=O) groups is 3. The zero-order valence-corrected chi connectivity index (χ0v) is 20.5. The summed E-state index contributed by atoms with van der Waals surface area (Å²) in [7, 11) is 0. The van der Waals surface area contributed by atoms with Crippen molar-refractivity contribution >= 4 is 46.9 Å². The highest BCUT2D eigenvalue weighted by atomic mass is 35.5. The largest absolute Gasteiger partial charge is 0.490 e. The SMILES string of the molecule is CCOc1cc(/C=N\NC(=O)C(=O)Nc2cccc(Cl)c2)ccc1OCC(=O)Nc1ccc(C)cc1. The summed E-state index contributed by atoms with van der Waals surface area (Å²) >= 11 is 5.86. The topological polar surface area (TPSA) is 118 Å². The second-order valence-electron chi connectivity index (χ2n) is 7.51. The number of amides is 3. The minimum atomic E-state index is -0.948. The number of nitrogens with one attached hydrogen (secondary N) is 3. The molecular formula is C26H25ClN4O5. The van der Waals surface area contributed by atoms with Gasteiger partial charge in [-0.3, -0.25) is 14.4 Å². The van der Waals surface area contributed by atoms with E-state index in [0.717, 1.165) is 5.56 Å². The van der Waals surface area contributed by atoms with Crippen LogP contribution >= 0.6 is 11.6 Å². The zero-order chi connectivity index (χ0) is 25.9. The van der Waals surface area contributed by atoms with E-state index in [1.165, 1.54) is 12.3 Å². The number of halogens is 1. The first-order valence-corrected chi connectivity index (χ1v) is 11.4. The summed E-state index contributed by atoms with van der Waals surface area (Å²) in [6, 6.07) is 18.8. The molecule has 0 fully saturated rings. The van der Waals surface area contributed by atoms with Crippen molar-refractivity contribution in [3.05, 3.63) is 82.9 Å². The third-order valence-electron chi connectivity index (χ3n) is 4.63. The lowest BCUT2D eigenvalue weighted by Gasteiger charge is -2.12. The van der Waals surface area contributed by atoms with E-state index in [0.29, 0.717) is 40.1 Å². The van der Waals surface area contributed by atoms with Crippen LogP contribution in [0.25, 0.3) is 0 Å². The molecule has 3 N–H and O–H groups in total. The summed E-state index contributed by atoms with van der Waals surface area (Å²) in [5.74, 6) is -1.38. The molecule has 186 valence electrons. The van der Waals surface area contributed by atoms with Crippen molar-refractivity contribution in [2.45, 2.75) is 13.8 Å². The Bertz CT molecular complexity index is 1260. The van der Waals surface area contributed by atoms with Gasteiger partial charge in [-0.25, -0.2) is 5.43 Å². The van der Waals surface area contributed by atoms with Gasteiger partial charge in [0.1, 0.15) is 0 Å². The Hall–Kier alpha value is -4.37. The molecular weight excluding hydrogens is 484 g/mol. The van der Waals surface area contributed by atoms with Crippen molar-refractivity contribution in [1.29, 1.82) is 0 Å². The molecule has 0 aliphatic heterocycles. The van der Waals surface area contributed by atoms with E-state index in [1.54, 1.807) is 36.4 Å². The standard InChI is InChI=1S/C26H25ClN4O5/c1-3-35-23-13-18(15-28-31-26(34)25(33)30-21-6-4-5-19(27)14-21)9-12-22(23)36-16-24(32)29-20-10-7-17(2)8-11-20/h4-15H,3,16H2,1-2H3,(H,29,32)(H,30,33)(H,31,34)/b28-15-. The van der Waals surface area contributed by atoms with Crippen LogP contribution < -0.4 is 25.5 Å². The summed E-state index contributed by atoms with van der Waals surface area (Å²) in [4.78, 5) is 36.2. The van der Waals surface area contributed by atoms with Crippen LogP contribution in [-0.4, -0.2) is 37.1 Å². The summed E-state index contributed by atoms with van der Waals surface area (Å²) in [5, 5.41) is 9.42. The minimum absolute atomic E-state index is 0.209. The fraction of sp³-hybridized carbons (Fsp3) is 0.154. The van der Waals surface area contributed by atoms with Gasteiger partial charge in [0.05, 0.1) is 12.8 Å². The Morgan fingerprint density at radius 1 is 0.889 bits per heavy atom. The first-order valence-electron chi connectivity index (χ1n) is 11.0. The highest BCUT2D eigenvalue weighted by molar-refractivity contribution is 6.39. The lowest BCUT2D eigenvalue weighted by Crippen LogP contribution is -2.32. The van der Waals surface area contributed by atoms with Crippen molar-refractivity contribution in [1.82, 2.24) is 5.43 Å². The van der Waals surface area contributed by atoms with Gasteiger partial charge in [-0.2, -0.15) is 5.10 Å². The molecule has 36 heavy (non-hydrogen) atoms. The molecule has 0 saturated carbocycles. The molecule has 0 unspecified atom stereocenters. The van der Waals surface area contributed by atoms with Gasteiger partial charge in [-0.15, -0.1) is 0 Å². The van der Waals surface area contributed by atoms with E-state index in [4.69, 9.17) is 21.1 Å². The fourth-order valence-corrected chi connectivity index (χ4v) is 3.13. The molecule has 10 heteroatoms. The lowest BCUT2D eigenvalue weighted by molar-refractivity contribution is -0.136. The third kappa shape index (κ3) is 8.14. The van der Waals surface area contributed by atoms with Crippen LogP contribution in [0.4, 0.5) is 11.4 Å². The Labute approximate surface area is 213 Å². The molecule has 3 aromatic rings. The summed E-state index contributed by atoms with van der Waals surface area (Å²) in [6.45, 7) is 3.94. The molecule has 9 nitrogen and oxygen atoms in total. The monoisotopic (exact) mass is 508 g/mol. The van der Waals surface area contributed by atoms with E-state index in [9.17, 15) is 14.4 Å². The van der Waals surface area contributed by atoms with E-state index >= 15 is 0 Å². The highest BCUT2D eigenvalue weighted by Crippen LogP contribution is 2.28. The van der Waals surface area contributed by atoms with Crippen LogP contribution in [-0.2, 0) is 14.4 Å². The molecule has 3 amide bonds. The van der Waals surface area contributed by atoms with Crippen molar-refractivity contribution in [3.63, 3.8) is 0 Å². The number of hydrogen-bond acceptors (Lipinski definition) is 6. The maximum atomic E-state index is 12.2. The number of hydrogen-bond donors (Lipinski definition) is 3. The molecule has 0 bridgehead atoms. The smallest absolute Gasteiger partial charge is 0.329 e. The molecule has 0 aliphatic carbocycles. The van der Waals surface area contributed by atoms with Gasteiger partial charge >= 0.3 is 11.8 Å². The van der Waals surface area contributed by atoms with E-state index in [-0.39, 0.29) is 12.5 Å². The third-order valence-corrected chi connectivity index (χ3v) is 4.87. The van der Waals surface area contributed by atoms with E-state index < -0.39 is 11.8 Å². The molecule has 0 aromatic heterocycles. The average Bonchev–Trinajstić information content (AvgIpc) is 2.85. The fourth-order valence-electron chi connectivity index (χ4n) is 2.94. The molecule has 0 aliphatic rings. The Morgan fingerprint density at radius 2 is 1.67 bits per heavy atom. The number of aryl methyl sites for hydroxylation is 1. The van der Waals surface area contributed by atoms with Gasteiger partial charge in [0.25, 0.3) is 5.91 Å². The van der Waals surface area contributed by atoms with Crippen molar-refractivity contribution in [3.8, 4) is 11.5 Å². The number of hydrazone groups is 1. The van der Waals surface area contributed by atoms with Crippen LogP contribution in [0.3, 0.4) is 0 Å². The maximum Gasteiger partial charge on any atom is 0.329 e. The summed E-state index contributed by atoms with van der Waals surface area (Å²) < 4.78 is 11.2. The van der Waals surface area contributed by atoms with E-state index in [2.05, 4.69) is 21.2 Å². The maximum absolute atomic E-state index is 12.2. The molecule has 3 rings (SSSR count). The Kier molecular flexibility index (Phi) is 9.41. The second kappa shape index (κ2) is 12.9. The van der Waals surface area contributed by atoms with Crippen LogP contribution in [0.1, 0.15) is 18.1 Å². The molecule has 0 atom stereocenters. The van der Waals surface area contributed by atoms with Crippen molar-refractivity contribution in [2.75, 3.05) is 23.8 Å². The predicted octanol–water partition coefficient (Wildman–Crippen LogP) is 4.15. The molecule has 0 heterocycles. The first-order chi connectivity index (χ1) is 17.3. The Balaban J connectivity index is 1.55. The lowest BCUT2D eigenvalue weighted by atomic mass is 10.2. The first kappa shape index (κ1) is 26.2. The van der Waals surface area contributed by atoms with Gasteiger partial charge in [-0.1, -0.05) is 35.4 Å².